The molecule has 0 aliphatic heterocycles. The molecule has 8 N–H and O–H groups in total. The summed E-state index contributed by atoms with van der Waals surface area (Å²) >= 11 is 0. The van der Waals surface area contributed by atoms with Gasteiger partial charge in [-0.25, -0.2) is 39.9 Å². The zero-order chi connectivity index (χ0) is 60.9. The summed E-state index contributed by atoms with van der Waals surface area (Å²) in [5.41, 5.74) is 0. The molecule has 448 valence electrons. The van der Waals surface area contributed by atoms with Crippen LogP contribution in [0.25, 0.3) is 0 Å². The predicted octanol–water partition coefficient (Wildman–Crippen LogP) is 6.05. The molecule has 0 bridgehead atoms. The number of rotatable bonds is 16. The van der Waals surface area contributed by atoms with Crippen molar-refractivity contribution in [3.05, 3.63) is 150 Å². The van der Waals surface area contributed by atoms with Gasteiger partial charge in [0.05, 0.1) is 50.6 Å². The lowest BCUT2D eigenvalue weighted by atomic mass is 10.3. The highest BCUT2D eigenvalue weighted by Crippen LogP contribution is 1.92. The Kier molecular flexibility index (Phi) is 61.4. The number of aryl methyl sites for hydroxylation is 8. The molecule has 0 fully saturated rings. The second kappa shape index (κ2) is 61.6. The second-order valence-corrected chi connectivity index (χ2v) is 15.6. The molecule has 8 rings (SSSR count). The smallest absolute Gasteiger partial charge is 0.398 e. The Morgan fingerprint density at radius 3 is 0.375 bits per heavy atom. The zero-order valence-corrected chi connectivity index (χ0v) is 47.7. The number of hydrogen-bond donors (Lipinski definition) is 8. The summed E-state index contributed by atoms with van der Waals surface area (Å²) in [5, 5.41) is 55.6. The molecule has 0 aliphatic rings. The Morgan fingerprint density at radius 1 is 0.237 bits per heavy atom. The maximum absolute atomic E-state index is 10.1. The number of imidazole rings is 8. The molecule has 0 aliphatic carbocycles. The Morgan fingerprint density at radius 2 is 0.325 bits per heavy atom. The lowest BCUT2D eigenvalue weighted by Gasteiger charge is -1.93. The summed E-state index contributed by atoms with van der Waals surface area (Å²) in [7, 11) is -10.7. The Hall–Kier alpha value is -6.66. The predicted molar refractivity (Wildman–Crippen MR) is 305 cm³/mol. The molecule has 0 radical (unpaired) electrons. The quantitative estimate of drug-likeness (QED) is 0.0404. The van der Waals surface area contributed by atoms with Gasteiger partial charge in [-0.3, -0.25) is 17.3 Å². The van der Waals surface area contributed by atoms with E-state index < -0.39 is 29.6 Å². The SMILES string of the molecule is CCCn1ccnc1.CCCn1ccnc1.CCCn1ccnc1.CCCn1ccnc1.CCCn1ccnc1.CCCn1ccnc1.CCCn1ccnc1.CCCn1ccnc1.OB(O)F.OB(O)F.OB(O)F.OB(O)F. The third-order valence-electron chi connectivity index (χ3n) is 8.33. The van der Waals surface area contributed by atoms with Crippen LogP contribution in [-0.2, 0) is 52.4 Å². The van der Waals surface area contributed by atoms with Crippen LogP contribution in [0.1, 0.15) is 107 Å². The van der Waals surface area contributed by atoms with Gasteiger partial charge >= 0.3 is 29.6 Å². The van der Waals surface area contributed by atoms with E-state index in [2.05, 4.69) is 132 Å². The van der Waals surface area contributed by atoms with Gasteiger partial charge in [-0.2, -0.15) is 0 Å². The number of hydrogen-bond acceptors (Lipinski definition) is 16. The van der Waals surface area contributed by atoms with Crippen LogP contribution in [0.15, 0.2) is 150 Å². The number of halogens is 4. The third kappa shape index (κ3) is 65.6. The monoisotopic (exact) mass is 1140 g/mol. The molecule has 32 heteroatoms. The van der Waals surface area contributed by atoms with Crippen LogP contribution in [0.5, 0.6) is 0 Å². The van der Waals surface area contributed by atoms with Crippen molar-refractivity contribution in [3.63, 3.8) is 0 Å². The molecule has 80 heavy (non-hydrogen) atoms. The highest BCUT2D eigenvalue weighted by Gasteiger charge is 1.99. The van der Waals surface area contributed by atoms with Crippen LogP contribution in [0.3, 0.4) is 0 Å². The van der Waals surface area contributed by atoms with Crippen molar-refractivity contribution in [2.45, 2.75) is 159 Å². The van der Waals surface area contributed by atoms with Crippen molar-refractivity contribution < 1.29 is 57.5 Å². The van der Waals surface area contributed by atoms with Crippen LogP contribution < -0.4 is 0 Å². The van der Waals surface area contributed by atoms with Gasteiger partial charge in [0.25, 0.3) is 0 Å². The summed E-state index contributed by atoms with van der Waals surface area (Å²) in [6.07, 6.45) is 54.3. The summed E-state index contributed by atoms with van der Waals surface area (Å²) in [4.78, 5) is 31.2. The van der Waals surface area contributed by atoms with Crippen LogP contribution >= 0.6 is 0 Å². The molecule has 0 spiro atoms. The number of aromatic nitrogens is 16. The molecule has 8 aromatic heterocycles. The molecular formula is C48H88B4F4N16O8. The molecule has 8 aromatic rings. The van der Waals surface area contributed by atoms with E-state index in [1.54, 1.807) is 49.6 Å². The van der Waals surface area contributed by atoms with E-state index in [0.29, 0.717) is 0 Å². The van der Waals surface area contributed by atoms with Crippen molar-refractivity contribution >= 4 is 29.6 Å². The normalized spacial score (nSPS) is 9.05. The van der Waals surface area contributed by atoms with Crippen molar-refractivity contribution in [2.75, 3.05) is 0 Å². The fraction of sp³-hybridized carbons (Fsp3) is 0.500. The third-order valence-corrected chi connectivity index (χ3v) is 8.33. The summed E-state index contributed by atoms with van der Waals surface area (Å²) in [6.45, 7) is 25.9. The average molecular weight is 1140 g/mol. The van der Waals surface area contributed by atoms with E-state index in [9.17, 15) is 17.3 Å². The zero-order valence-electron chi connectivity index (χ0n) is 47.7. The molecule has 0 saturated carbocycles. The Balaban J connectivity index is -0.000000398. The molecule has 0 unspecified atom stereocenters. The summed E-state index contributed by atoms with van der Waals surface area (Å²) in [6, 6.07) is 0. The van der Waals surface area contributed by atoms with Crippen LogP contribution in [0.2, 0.25) is 0 Å². The first-order valence-corrected chi connectivity index (χ1v) is 26.1. The molecular weight excluding hydrogens is 1050 g/mol. The lowest BCUT2D eigenvalue weighted by Crippen LogP contribution is -1.98. The van der Waals surface area contributed by atoms with Gasteiger partial charge < -0.3 is 76.7 Å². The maximum atomic E-state index is 10.1. The molecule has 0 saturated heterocycles. The molecule has 0 atom stereocenters. The molecule has 0 amide bonds. The summed E-state index contributed by atoms with van der Waals surface area (Å²) < 4.78 is 57.0. The lowest BCUT2D eigenvalue weighted by molar-refractivity contribution is 0.338. The largest absolute Gasteiger partial charge is 0.674 e. The standard InChI is InChI=1S/8C6H10N2.4BFH2O2/c8*1-2-4-8-5-3-7-6-8;4*2-1(3)4/h8*3,5-6H,2,4H2,1H3;4*3-4H. The van der Waals surface area contributed by atoms with E-state index in [1.165, 1.54) is 51.4 Å². The van der Waals surface area contributed by atoms with Crippen molar-refractivity contribution in [3.8, 4) is 0 Å². The average Bonchev–Trinajstić information content (AvgIpc) is 4.22. The van der Waals surface area contributed by atoms with E-state index >= 15 is 0 Å². The minimum absolute atomic E-state index is 1.08. The van der Waals surface area contributed by atoms with Crippen molar-refractivity contribution in [1.82, 2.24) is 76.4 Å². The van der Waals surface area contributed by atoms with Gasteiger partial charge in [0.1, 0.15) is 0 Å². The van der Waals surface area contributed by atoms with Crippen LogP contribution in [0, 0.1) is 0 Å². The Labute approximate surface area is 471 Å². The van der Waals surface area contributed by atoms with Gasteiger partial charge in [-0.15, -0.1) is 0 Å². The van der Waals surface area contributed by atoms with Crippen LogP contribution in [-0.4, -0.2) is 146 Å². The van der Waals surface area contributed by atoms with Gasteiger partial charge in [0.15, 0.2) is 0 Å². The van der Waals surface area contributed by atoms with Crippen molar-refractivity contribution in [2.24, 2.45) is 0 Å². The summed E-state index contributed by atoms with van der Waals surface area (Å²) in [5.74, 6) is 0. The van der Waals surface area contributed by atoms with E-state index in [4.69, 9.17) is 40.2 Å². The first-order chi connectivity index (χ1) is 38.4. The fourth-order valence-electron chi connectivity index (χ4n) is 5.42. The van der Waals surface area contributed by atoms with E-state index in [-0.39, 0.29) is 0 Å². The topological polar surface area (TPSA) is 304 Å². The molecule has 8 heterocycles. The first-order valence-electron chi connectivity index (χ1n) is 26.1. The fourth-order valence-corrected chi connectivity index (χ4v) is 5.42. The highest BCUT2D eigenvalue weighted by atomic mass is 19.1. The minimum Gasteiger partial charge on any atom is -0.398 e. The highest BCUT2D eigenvalue weighted by molar-refractivity contribution is 6.32. The van der Waals surface area contributed by atoms with Crippen molar-refractivity contribution in [1.29, 1.82) is 0 Å². The Bertz CT molecular complexity index is 1740. The maximum Gasteiger partial charge on any atom is 0.674 e. The van der Waals surface area contributed by atoms with Gasteiger partial charge in [0.2, 0.25) is 0 Å². The molecule has 24 nitrogen and oxygen atoms in total. The minimum atomic E-state index is -2.67. The second-order valence-electron chi connectivity index (χ2n) is 15.6. The van der Waals surface area contributed by atoms with Gasteiger partial charge in [0, 0.05) is 152 Å². The number of nitrogens with zero attached hydrogens (tertiary/aromatic N) is 16. The van der Waals surface area contributed by atoms with E-state index in [1.807, 2.05) is 100 Å². The van der Waals surface area contributed by atoms with Crippen LogP contribution in [0.4, 0.5) is 17.3 Å². The van der Waals surface area contributed by atoms with E-state index in [0.717, 1.165) is 52.4 Å². The van der Waals surface area contributed by atoms with Gasteiger partial charge in [-0.05, 0) is 51.4 Å². The first kappa shape index (κ1) is 79.8. The molecule has 0 aromatic carbocycles. The van der Waals surface area contributed by atoms with Gasteiger partial charge in [-0.1, -0.05) is 55.4 Å².